The van der Waals surface area contributed by atoms with Crippen LogP contribution >= 0.6 is 11.3 Å². The molecule has 1 heterocycles. The lowest BCUT2D eigenvalue weighted by Crippen LogP contribution is -2.09. The number of aromatic nitrogens is 1. The van der Waals surface area contributed by atoms with Gasteiger partial charge in [-0.25, -0.2) is 13.4 Å². The first-order valence-electron chi connectivity index (χ1n) is 8.22. The molecule has 4 nitrogen and oxygen atoms in total. The van der Waals surface area contributed by atoms with Crippen LogP contribution in [0.1, 0.15) is 22.4 Å². The summed E-state index contributed by atoms with van der Waals surface area (Å²) in [5.41, 5.74) is 4.42. The molecule has 0 unspecified atom stereocenters. The van der Waals surface area contributed by atoms with Gasteiger partial charge in [-0.1, -0.05) is 35.9 Å². The van der Waals surface area contributed by atoms with Crippen LogP contribution in [0.5, 0.6) is 5.75 Å². The number of benzene rings is 2. The molecule has 0 atom stereocenters. The Hall–Kier alpha value is -2.18. The molecule has 0 N–H and O–H groups in total. The number of aryl methyl sites for hydroxylation is 2. The number of methoxy groups -OCH3 is 1. The van der Waals surface area contributed by atoms with Gasteiger partial charge in [-0.15, -0.1) is 11.3 Å². The van der Waals surface area contributed by atoms with Crippen molar-refractivity contribution in [3.8, 4) is 16.3 Å². The fourth-order valence-electron chi connectivity index (χ4n) is 2.73. The third kappa shape index (κ3) is 4.51. The van der Waals surface area contributed by atoms with Crippen molar-refractivity contribution in [1.82, 2.24) is 4.98 Å². The molecule has 26 heavy (non-hydrogen) atoms. The molecule has 1 aromatic heterocycles. The van der Waals surface area contributed by atoms with Crippen LogP contribution in [0.4, 0.5) is 0 Å². The number of sulfone groups is 1. The van der Waals surface area contributed by atoms with Crippen LogP contribution in [-0.4, -0.2) is 20.5 Å². The molecule has 3 rings (SSSR count). The van der Waals surface area contributed by atoms with Crippen LogP contribution < -0.4 is 4.74 Å². The van der Waals surface area contributed by atoms with Crippen molar-refractivity contribution in [2.75, 3.05) is 7.11 Å². The highest BCUT2D eigenvalue weighted by molar-refractivity contribution is 7.89. The Bertz CT molecular complexity index is 1020. The molecule has 0 saturated heterocycles. The second-order valence-corrected chi connectivity index (χ2v) is 9.26. The molecule has 3 aromatic rings. The van der Waals surface area contributed by atoms with E-state index in [9.17, 15) is 8.42 Å². The van der Waals surface area contributed by atoms with E-state index < -0.39 is 9.84 Å². The zero-order valence-electron chi connectivity index (χ0n) is 15.0. The minimum atomic E-state index is -3.29. The molecule has 0 fully saturated rings. The number of rotatable bonds is 6. The summed E-state index contributed by atoms with van der Waals surface area (Å²) in [5.74, 6) is 0.731. The van der Waals surface area contributed by atoms with Gasteiger partial charge in [0.25, 0.3) is 0 Å². The molecule has 6 heteroatoms. The Morgan fingerprint density at radius 1 is 1.08 bits per heavy atom. The summed E-state index contributed by atoms with van der Waals surface area (Å²) >= 11 is 1.44. The quantitative estimate of drug-likeness (QED) is 0.623. The summed E-state index contributed by atoms with van der Waals surface area (Å²) in [6, 6.07) is 13.5. The SMILES string of the molecule is COc1cccc(-c2nc(CS(=O)(=O)Cc3cc(C)ccc3C)cs2)c1. The van der Waals surface area contributed by atoms with Crippen molar-refractivity contribution in [2.45, 2.75) is 25.4 Å². The fourth-order valence-corrected chi connectivity index (χ4v) is 5.14. The van der Waals surface area contributed by atoms with Gasteiger partial charge in [0.05, 0.1) is 24.3 Å². The Balaban J connectivity index is 1.78. The molecule has 136 valence electrons. The predicted octanol–water partition coefficient (Wildman–Crippen LogP) is 4.55. The topological polar surface area (TPSA) is 56.3 Å². The minimum Gasteiger partial charge on any atom is -0.497 e. The maximum Gasteiger partial charge on any atom is 0.160 e. The molecule has 0 amide bonds. The Morgan fingerprint density at radius 2 is 1.88 bits per heavy atom. The summed E-state index contributed by atoms with van der Waals surface area (Å²) in [5, 5.41) is 2.61. The summed E-state index contributed by atoms with van der Waals surface area (Å²) in [6.45, 7) is 3.91. The van der Waals surface area contributed by atoms with Crippen molar-refractivity contribution in [3.05, 3.63) is 70.2 Å². The van der Waals surface area contributed by atoms with Gasteiger partial charge >= 0.3 is 0 Å². The van der Waals surface area contributed by atoms with Gasteiger partial charge in [0, 0.05) is 10.9 Å². The summed E-state index contributed by atoms with van der Waals surface area (Å²) in [7, 11) is -1.67. The van der Waals surface area contributed by atoms with Crippen LogP contribution in [-0.2, 0) is 21.3 Å². The zero-order valence-corrected chi connectivity index (χ0v) is 16.7. The fraction of sp³-hybridized carbons (Fsp3) is 0.250. The summed E-state index contributed by atoms with van der Waals surface area (Å²) < 4.78 is 30.5. The van der Waals surface area contributed by atoms with Crippen molar-refractivity contribution in [1.29, 1.82) is 0 Å². The smallest absolute Gasteiger partial charge is 0.160 e. The lowest BCUT2D eigenvalue weighted by molar-refractivity contribution is 0.415. The molecule has 0 bridgehead atoms. The standard InChI is InChI=1S/C20H21NO3S2/c1-14-7-8-15(2)17(9-14)12-26(22,23)13-18-11-25-20(21-18)16-5-4-6-19(10-16)24-3/h4-11H,12-13H2,1-3H3. The van der Waals surface area contributed by atoms with Gasteiger partial charge in [0.2, 0.25) is 0 Å². The second kappa shape index (κ2) is 7.60. The third-order valence-electron chi connectivity index (χ3n) is 4.12. The van der Waals surface area contributed by atoms with E-state index in [1.807, 2.05) is 61.7 Å². The Labute approximate surface area is 158 Å². The molecular formula is C20H21NO3S2. The highest BCUT2D eigenvalue weighted by Gasteiger charge is 2.17. The van der Waals surface area contributed by atoms with E-state index in [-0.39, 0.29) is 11.5 Å². The molecule has 0 spiro atoms. The number of thiazole rings is 1. The first-order chi connectivity index (χ1) is 12.4. The van der Waals surface area contributed by atoms with Crippen molar-refractivity contribution in [2.24, 2.45) is 0 Å². The van der Waals surface area contributed by atoms with Crippen molar-refractivity contribution < 1.29 is 13.2 Å². The van der Waals surface area contributed by atoms with Crippen LogP contribution in [0, 0.1) is 13.8 Å². The zero-order chi connectivity index (χ0) is 18.7. The number of hydrogen-bond donors (Lipinski definition) is 0. The lowest BCUT2D eigenvalue weighted by atomic mass is 10.1. The van der Waals surface area contributed by atoms with Gasteiger partial charge in [-0.2, -0.15) is 0 Å². The monoisotopic (exact) mass is 387 g/mol. The minimum absolute atomic E-state index is 0.0343. The number of nitrogens with zero attached hydrogens (tertiary/aromatic N) is 1. The molecule has 0 saturated carbocycles. The van der Waals surface area contributed by atoms with Gasteiger partial charge in [-0.05, 0) is 37.1 Å². The van der Waals surface area contributed by atoms with Gasteiger partial charge in [-0.3, -0.25) is 0 Å². The van der Waals surface area contributed by atoms with Gasteiger partial charge in [0.1, 0.15) is 10.8 Å². The Kier molecular flexibility index (Phi) is 5.44. The first-order valence-corrected chi connectivity index (χ1v) is 10.9. The van der Waals surface area contributed by atoms with Gasteiger partial charge < -0.3 is 4.74 Å². The van der Waals surface area contributed by atoms with Gasteiger partial charge in [0.15, 0.2) is 9.84 Å². The average Bonchev–Trinajstić information content (AvgIpc) is 3.05. The van der Waals surface area contributed by atoms with E-state index in [2.05, 4.69) is 4.98 Å². The third-order valence-corrected chi connectivity index (χ3v) is 6.54. The normalized spacial score (nSPS) is 11.5. The van der Waals surface area contributed by atoms with Crippen LogP contribution in [0.25, 0.3) is 10.6 Å². The maximum absolute atomic E-state index is 12.6. The van der Waals surface area contributed by atoms with E-state index in [0.29, 0.717) is 5.69 Å². The van der Waals surface area contributed by atoms with Crippen molar-refractivity contribution >= 4 is 21.2 Å². The number of hydrogen-bond acceptors (Lipinski definition) is 5. The van der Waals surface area contributed by atoms with Crippen LogP contribution in [0.15, 0.2) is 47.8 Å². The van der Waals surface area contributed by atoms with Crippen molar-refractivity contribution in [3.63, 3.8) is 0 Å². The molecule has 2 aromatic carbocycles. The van der Waals surface area contributed by atoms with E-state index >= 15 is 0 Å². The van der Waals surface area contributed by atoms with Crippen LogP contribution in [0.2, 0.25) is 0 Å². The van der Waals surface area contributed by atoms with E-state index in [1.54, 1.807) is 7.11 Å². The molecule has 0 aliphatic rings. The second-order valence-electron chi connectivity index (χ2n) is 6.34. The molecular weight excluding hydrogens is 366 g/mol. The summed E-state index contributed by atoms with van der Waals surface area (Å²) in [4.78, 5) is 4.51. The van der Waals surface area contributed by atoms with E-state index in [1.165, 1.54) is 11.3 Å². The predicted molar refractivity (Wildman–Crippen MR) is 106 cm³/mol. The molecule has 0 radical (unpaired) electrons. The molecule has 0 aliphatic carbocycles. The maximum atomic E-state index is 12.6. The first kappa shape index (κ1) is 18.6. The summed E-state index contributed by atoms with van der Waals surface area (Å²) in [6.07, 6.45) is 0. The van der Waals surface area contributed by atoms with E-state index in [0.717, 1.165) is 33.0 Å². The highest BCUT2D eigenvalue weighted by atomic mass is 32.2. The largest absolute Gasteiger partial charge is 0.497 e. The van der Waals surface area contributed by atoms with E-state index in [4.69, 9.17) is 4.74 Å². The Morgan fingerprint density at radius 3 is 2.65 bits per heavy atom. The molecule has 0 aliphatic heterocycles. The highest BCUT2D eigenvalue weighted by Crippen LogP contribution is 2.28. The number of ether oxygens (including phenoxy) is 1. The average molecular weight is 388 g/mol. The van der Waals surface area contributed by atoms with Crippen LogP contribution in [0.3, 0.4) is 0 Å². The lowest BCUT2D eigenvalue weighted by Gasteiger charge is -2.07.